The van der Waals surface area contributed by atoms with E-state index in [2.05, 4.69) is 10.6 Å². The maximum Gasteiger partial charge on any atom is 0.416 e. The van der Waals surface area contributed by atoms with Gasteiger partial charge in [0.1, 0.15) is 5.70 Å². The molecular weight excluding hydrogens is 415 g/mol. The van der Waals surface area contributed by atoms with Gasteiger partial charge in [0.25, 0.3) is 11.6 Å². The van der Waals surface area contributed by atoms with E-state index in [-0.39, 0.29) is 27.7 Å². The van der Waals surface area contributed by atoms with E-state index >= 15 is 0 Å². The summed E-state index contributed by atoms with van der Waals surface area (Å²) in [6.45, 7) is 1.12. The molecule has 0 atom stereocenters. The first kappa shape index (κ1) is 21.9. The van der Waals surface area contributed by atoms with E-state index in [1.807, 2.05) is 0 Å². The minimum Gasteiger partial charge on any atom is -0.322 e. The van der Waals surface area contributed by atoms with E-state index in [1.165, 1.54) is 18.2 Å². The normalized spacial score (nSPS) is 11.7. The van der Waals surface area contributed by atoms with Gasteiger partial charge < -0.3 is 10.6 Å². The Hall–Kier alpha value is -3.40. The van der Waals surface area contributed by atoms with Crippen molar-refractivity contribution < 1.29 is 27.7 Å². The lowest BCUT2D eigenvalue weighted by atomic mass is 10.1. The number of carbonyl (C=O) groups excluding carboxylic acids is 2. The first-order valence-electron chi connectivity index (χ1n) is 7.89. The summed E-state index contributed by atoms with van der Waals surface area (Å²) in [6.07, 6.45) is -3.51. The van der Waals surface area contributed by atoms with Gasteiger partial charge in [0, 0.05) is 19.1 Å². The molecule has 0 bridgehead atoms. The molecule has 29 heavy (non-hydrogen) atoms. The van der Waals surface area contributed by atoms with Gasteiger partial charge in [-0.05, 0) is 29.8 Å². The van der Waals surface area contributed by atoms with Gasteiger partial charge in [-0.1, -0.05) is 23.7 Å². The van der Waals surface area contributed by atoms with Crippen LogP contribution in [-0.4, -0.2) is 16.7 Å². The fraction of sp³-hybridized carbons (Fsp3) is 0.111. The van der Waals surface area contributed by atoms with Crippen LogP contribution in [0.3, 0.4) is 0 Å². The van der Waals surface area contributed by atoms with Gasteiger partial charge in [0.05, 0.1) is 21.2 Å². The number of amides is 2. The Morgan fingerprint density at radius 1 is 1.17 bits per heavy atom. The van der Waals surface area contributed by atoms with Gasteiger partial charge in [-0.2, -0.15) is 13.2 Å². The summed E-state index contributed by atoms with van der Waals surface area (Å²) in [5.41, 5.74) is -1.72. The number of halogens is 4. The van der Waals surface area contributed by atoms with Gasteiger partial charge in [-0.25, -0.2) is 0 Å². The van der Waals surface area contributed by atoms with E-state index in [1.54, 1.807) is 0 Å². The smallest absolute Gasteiger partial charge is 0.322 e. The number of non-ortho nitro benzene ring substituents is 1. The van der Waals surface area contributed by atoms with Crippen molar-refractivity contribution in [3.8, 4) is 0 Å². The minimum atomic E-state index is -4.65. The van der Waals surface area contributed by atoms with Gasteiger partial charge in [0.15, 0.2) is 0 Å². The number of hydrogen-bond acceptors (Lipinski definition) is 4. The van der Waals surface area contributed by atoms with Crippen molar-refractivity contribution in [3.63, 3.8) is 0 Å². The van der Waals surface area contributed by atoms with Crippen LogP contribution >= 0.6 is 11.6 Å². The Kier molecular flexibility index (Phi) is 6.60. The Bertz CT molecular complexity index is 1010. The largest absolute Gasteiger partial charge is 0.416 e. The molecule has 0 fully saturated rings. The number of nitro groups is 1. The first-order chi connectivity index (χ1) is 13.5. The fourth-order valence-electron chi connectivity index (χ4n) is 2.23. The number of hydrogen-bond donors (Lipinski definition) is 2. The zero-order valence-corrected chi connectivity index (χ0v) is 15.5. The minimum absolute atomic E-state index is 0.149. The summed E-state index contributed by atoms with van der Waals surface area (Å²) in [7, 11) is 0. The second kappa shape index (κ2) is 8.74. The van der Waals surface area contributed by atoms with Crippen LogP contribution in [0.25, 0.3) is 6.08 Å². The molecule has 0 unspecified atom stereocenters. The number of nitro benzene ring substituents is 1. The number of nitrogens with one attached hydrogen (secondary N) is 2. The van der Waals surface area contributed by atoms with Crippen molar-refractivity contribution in [2.45, 2.75) is 13.1 Å². The summed E-state index contributed by atoms with van der Waals surface area (Å²) in [5.74, 6) is -1.60. The number of rotatable bonds is 5. The summed E-state index contributed by atoms with van der Waals surface area (Å²) in [5, 5.41) is 15.2. The van der Waals surface area contributed by atoms with Gasteiger partial charge >= 0.3 is 6.18 Å². The summed E-state index contributed by atoms with van der Waals surface area (Å²) >= 11 is 5.85. The monoisotopic (exact) mass is 427 g/mol. The van der Waals surface area contributed by atoms with Crippen LogP contribution in [0.4, 0.5) is 24.5 Å². The average molecular weight is 428 g/mol. The molecule has 0 aromatic heterocycles. The quantitative estimate of drug-likeness (QED) is 0.420. The predicted octanol–water partition coefficient (Wildman–Crippen LogP) is 4.38. The summed E-state index contributed by atoms with van der Waals surface area (Å²) < 4.78 is 38.6. The molecule has 0 spiro atoms. The lowest BCUT2D eigenvalue weighted by Gasteiger charge is -2.13. The molecule has 0 heterocycles. The lowest BCUT2D eigenvalue weighted by molar-refractivity contribution is -0.384. The maximum atomic E-state index is 12.9. The second-order valence-electron chi connectivity index (χ2n) is 5.74. The van der Waals surface area contributed by atoms with Crippen LogP contribution in [0, 0.1) is 10.1 Å². The fourth-order valence-corrected chi connectivity index (χ4v) is 2.39. The highest BCUT2D eigenvalue weighted by Crippen LogP contribution is 2.34. The van der Waals surface area contributed by atoms with Crippen LogP contribution in [0.15, 0.2) is 48.2 Å². The molecule has 0 aliphatic heterocycles. The van der Waals surface area contributed by atoms with Crippen LogP contribution in [0.1, 0.15) is 18.1 Å². The van der Waals surface area contributed by atoms with E-state index in [4.69, 9.17) is 11.6 Å². The molecule has 0 aliphatic rings. The third-order valence-electron chi connectivity index (χ3n) is 3.49. The molecule has 0 aliphatic carbocycles. The molecular formula is C18H13ClF3N3O4. The van der Waals surface area contributed by atoms with Crippen LogP contribution < -0.4 is 10.6 Å². The van der Waals surface area contributed by atoms with Crippen LogP contribution in [-0.2, 0) is 15.8 Å². The van der Waals surface area contributed by atoms with E-state index in [0.717, 1.165) is 31.2 Å². The van der Waals surface area contributed by atoms with Gasteiger partial charge in [-0.3, -0.25) is 19.7 Å². The molecule has 2 aromatic carbocycles. The first-order valence-corrected chi connectivity index (χ1v) is 8.27. The molecule has 2 N–H and O–H groups in total. The molecule has 11 heteroatoms. The van der Waals surface area contributed by atoms with Crippen molar-refractivity contribution >= 4 is 40.9 Å². The number of carbonyl (C=O) groups is 2. The Labute approximate surface area is 167 Å². The molecule has 0 saturated heterocycles. The van der Waals surface area contributed by atoms with Crippen molar-refractivity contribution in [2.24, 2.45) is 0 Å². The van der Waals surface area contributed by atoms with Crippen LogP contribution in [0.2, 0.25) is 5.02 Å². The van der Waals surface area contributed by atoms with Gasteiger partial charge in [-0.15, -0.1) is 0 Å². The summed E-state index contributed by atoms with van der Waals surface area (Å²) in [4.78, 5) is 34.2. The van der Waals surface area contributed by atoms with E-state index in [9.17, 15) is 32.9 Å². The van der Waals surface area contributed by atoms with E-state index in [0.29, 0.717) is 6.07 Å². The SMILES string of the molecule is CC(=O)N/C(=C\c1cccc([N+](=O)[O-])c1)C(=O)Nc1cc(C(F)(F)F)ccc1Cl. The molecule has 2 aromatic rings. The van der Waals surface area contributed by atoms with Crippen molar-refractivity contribution in [2.75, 3.05) is 5.32 Å². The number of benzene rings is 2. The lowest BCUT2D eigenvalue weighted by Crippen LogP contribution is -2.29. The number of nitrogens with zero attached hydrogens (tertiary/aromatic N) is 1. The van der Waals surface area contributed by atoms with E-state index < -0.39 is 28.5 Å². The standard InChI is InChI=1S/C18H13ClF3N3O4/c1-10(26)23-16(8-11-3-2-4-13(7-11)25(28)29)17(27)24-15-9-12(18(20,21)22)5-6-14(15)19/h2-9H,1H3,(H,23,26)(H,24,27)/b16-8-. The molecule has 2 amide bonds. The zero-order chi connectivity index (χ0) is 21.8. The summed E-state index contributed by atoms with van der Waals surface area (Å²) in [6, 6.07) is 7.59. The molecule has 152 valence electrons. The molecule has 2 rings (SSSR count). The number of anilines is 1. The third-order valence-corrected chi connectivity index (χ3v) is 3.82. The average Bonchev–Trinajstić information content (AvgIpc) is 2.61. The Morgan fingerprint density at radius 3 is 2.45 bits per heavy atom. The predicted molar refractivity (Wildman–Crippen MR) is 100.0 cm³/mol. The second-order valence-corrected chi connectivity index (χ2v) is 6.15. The van der Waals surface area contributed by atoms with Crippen molar-refractivity contribution in [1.82, 2.24) is 5.32 Å². The molecule has 0 saturated carbocycles. The highest BCUT2D eigenvalue weighted by atomic mass is 35.5. The topological polar surface area (TPSA) is 101 Å². The highest BCUT2D eigenvalue weighted by Gasteiger charge is 2.31. The Morgan fingerprint density at radius 2 is 1.86 bits per heavy atom. The van der Waals surface area contributed by atoms with Crippen molar-refractivity contribution in [3.05, 3.63) is 74.4 Å². The number of alkyl halides is 3. The molecule has 7 nitrogen and oxygen atoms in total. The van der Waals surface area contributed by atoms with Gasteiger partial charge in [0.2, 0.25) is 5.91 Å². The van der Waals surface area contributed by atoms with Crippen molar-refractivity contribution in [1.29, 1.82) is 0 Å². The molecule has 0 radical (unpaired) electrons. The Balaban J connectivity index is 2.39. The third kappa shape index (κ3) is 6.04. The highest BCUT2D eigenvalue weighted by molar-refractivity contribution is 6.34. The zero-order valence-electron chi connectivity index (χ0n) is 14.7. The maximum absolute atomic E-state index is 12.9. The van der Waals surface area contributed by atoms with Crippen LogP contribution in [0.5, 0.6) is 0 Å².